The monoisotopic (exact) mass is 543 g/mol. The molecule has 0 radical (unpaired) electrons. The summed E-state index contributed by atoms with van der Waals surface area (Å²) in [4.78, 5) is 59.7. The zero-order valence-electron chi connectivity index (χ0n) is 21.7. The topological polar surface area (TPSA) is 217 Å². The first kappa shape index (κ1) is 29.6. The number of H-pyrrole nitrogens is 1. The number of benzene rings is 1. The van der Waals surface area contributed by atoms with Gasteiger partial charge < -0.3 is 42.2 Å². The zero-order valence-corrected chi connectivity index (χ0v) is 21.7. The maximum atomic E-state index is 13.4. The summed E-state index contributed by atoms with van der Waals surface area (Å²) >= 11 is 0. The Morgan fingerprint density at radius 2 is 1.85 bits per heavy atom. The number of nitrogens with zero attached hydrogens (tertiary/aromatic N) is 2. The highest BCUT2D eigenvalue weighted by molar-refractivity contribution is 5.94. The lowest BCUT2D eigenvalue weighted by atomic mass is 10.0. The van der Waals surface area contributed by atoms with E-state index in [9.17, 15) is 29.4 Å². The Morgan fingerprint density at radius 3 is 2.49 bits per heavy atom. The van der Waals surface area contributed by atoms with E-state index in [1.165, 1.54) is 23.4 Å². The van der Waals surface area contributed by atoms with Crippen LogP contribution in [0.2, 0.25) is 0 Å². The molecule has 0 saturated carbocycles. The lowest BCUT2D eigenvalue weighted by Crippen LogP contribution is -2.57. The molecular formula is C26H37N7O6. The number of aliphatic carboxylic acids is 1. The van der Waals surface area contributed by atoms with E-state index in [0.29, 0.717) is 50.0 Å². The van der Waals surface area contributed by atoms with E-state index in [0.717, 1.165) is 0 Å². The molecule has 1 saturated heterocycles. The van der Waals surface area contributed by atoms with Gasteiger partial charge in [-0.15, -0.1) is 0 Å². The van der Waals surface area contributed by atoms with Crippen LogP contribution in [0.3, 0.4) is 0 Å². The van der Waals surface area contributed by atoms with Gasteiger partial charge in [-0.3, -0.25) is 14.4 Å². The summed E-state index contributed by atoms with van der Waals surface area (Å²) in [5.41, 5.74) is 13.0. The van der Waals surface area contributed by atoms with Crippen molar-refractivity contribution < 1.29 is 29.4 Å². The number of hydrogen-bond donors (Lipinski definition) is 7. The predicted molar refractivity (Wildman–Crippen MR) is 141 cm³/mol. The average Bonchev–Trinajstić information content (AvgIpc) is 3.61. The first-order valence-corrected chi connectivity index (χ1v) is 13.0. The summed E-state index contributed by atoms with van der Waals surface area (Å²) in [5.74, 6) is -2.71. The van der Waals surface area contributed by atoms with Gasteiger partial charge in [-0.25, -0.2) is 9.78 Å². The number of rotatable bonds is 14. The van der Waals surface area contributed by atoms with Crippen molar-refractivity contribution in [2.24, 2.45) is 11.5 Å². The maximum absolute atomic E-state index is 13.4. The molecule has 0 bridgehead atoms. The van der Waals surface area contributed by atoms with E-state index in [2.05, 4.69) is 20.6 Å². The van der Waals surface area contributed by atoms with Crippen LogP contribution < -0.4 is 22.1 Å². The molecule has 39 heavy (non-hydrogen) atoms. The normalized spacial score (nSPS) is 17.3. The fourth-order valence-electron chi connectivity index (χ4n) is 4.60. The molecule has 0 spiro atoms. The lowest BCUT2D eigenvalue weighted by Gasteiger charge is -2.28. The first-order valence-electron chi connectivity index (χ1n) is 13.0. The van der Waals surface area contributed by atoms with Crippen LogP contribution in [0.4, 0.5) is 0 Å². The quantitative estimate of drug-likeness (QED) is 0.151. The third-order valence-electron chi connectivity index (χ3n) is 6.72. The molecule has 1 aromatic heterocycles. The van der Waals surface area contributed by atoms with Gasteiger partial charge in [-0.1, -0.05) is 12.1 Å². The van der Waals surface area contributed by atoms with Gasteiger partial charge in [0.2, 0.25) is 17.7 Å². The highest BCUT2D eigenvalue weighted by atomic mass is 16.4. The minimum absolute atomic E-state index is 0.0428. The highest BCUT2D eigenvalue weighted by Crippen LogP contribution is 2.20. The molecule has 1 aromatic carbocycles. The lowest BCUT2D eigenvalue weighted by molar-refractivity contribution is -0.143. The molecule has 4 unspecified atom stereocenters. The summed E-state index contributed by atoms with van der Waals surface area (Å²) in [7, 11) is 0. The molecule has 1 aliphatic heterocycles. The zero-order chi connectivity index (χ0) is 28.4. The third-order valence-corrected chi connectivity index (χ3v) is 6.72. The summed E-state index contributed by atoms with van der Waals surface area (Å²) in [6, 6.07) is 2.17. The number of carboxylic acids is 1. The van der Waals surface area contributed by atoms with Gasteiger partial charge in [0.1, 0.15) is 23.9 Å². The smallest absolute Gasteiger partial charge is 0.326 e. The molecule has 2 heterocycles. The average molecular weight is 544 g/mol. The first-order chi connectivity index (χ1) is 18.7. The second-order valence-electron chi connectivity index (χ2n) is 9.69. The second-order valence-corrected chi connectivity index (χ2v) is 9.69. The van der Waals surface area contributed by atoms with Gasteiger partial charge in [0.15, 0.2) is 0 Å². The van der Waals surface area contributed by atoms with Gasteiger partial charge in [-0.05, 0) is 56.3 Å². The van der Waals surface area contributed by atoms with E-state index >= 15 is 0 Å². The molecule has 1 fully saturated rings. The molecule has 3 amide bonds. The number of carbonyl (C=O) groups is 4. The number of unbranched alkanes of at least 4 members (excludes halogenated alkanes) is 1. The number of aromatic nitrogens is 2. The van der Waals surface area contributed by atoms with Crippen LogP contribution in [-0.4, -0.2) is 86.0 Å². The van der Waals surface area contributed by atoms with Crippen LogP contribution in [0.25, 0.3) is 0 Å². The van der Waals surface area contributed by atoms with E-state index in [1.54, 1.807) is 18.3 Å². The van der Waals surface area contributed by atoms with Crippen molar-refractivity contribution in [3.05, 3.63) is 48.0 Å². The molecule has 13 nitrogen and oxygen atoms in total. The number of likely N-dealkylation sites (tertiary alicyclic amines) is 1. The molecule has 0 aliphatic carbocycles. The fourth-order valence-corrected chi connectivity index (χ4v) is 4.60. The number of carboxylic acid groups (broad SMARTS) is 1. The van der Waals surface area contributed by atoms with Crippen molar-refractivity contribution in [2.45, 2.75) is 69.1 Å². The summed E-state index contributed by atoms with van der Waals surface area (Å²) in [6.07, 6.45) is 5.67. The van der Waals surface area contributed by atoms with Gasteiger partial charge in [0.25, 0.3) is 0 Å². The molecular weight excluding hydrogens is 506 g/mol. The van der Waals surface area contributed by atoms with E-state index in [-0.39, 0.29) is 30.9 Å². The summed E-state index contributed by atoms with van der Waals surface area (Å²) in [5, 5.41) is 24.4. The van der Waals surface area contributed by atoms with Gasteiger partial charge >= 0.3 is 5.97 Å². The number of aromatic amines is 1. The Balaban J connectivity index is 1.72. The standard InChI is InChI=1S/C26H37N7O6/c27-10-2-1-4-20(26(38)39)31-23(35)21(12-16-6-8-18(34)9-7-16)32-24(36)22-5-3-11-33(22)25(37)19(28)13-17-14-29-15-30-17/h6-9,14-15,19-22,34H,1-5,10-13,27-28H2,(H,29,30)(H,31,35)(H,32,36)(H,38,39). The van der Waals surface area contributed by atoms with Crippen LogP contribution >= 0.6 is 0 Å². The van der Waals surface area contributed by atoms with Crippen molar-refractivity contribution in [1.29, 1.82) is 0 Å². The second kappa shape index (κ2) is 14.3. The molecule has 13 heteroatoms. The Hall–Kier alpha value is -3.97. The number of phenols is 1. The van der Waals surface area contributed by atoms with Gasteiger partial charge in [0.05, 0.1) is 12.4 Å². The van der Waals surface area contributed by atoms with Gasteiger partial charge in [0, 0.05) is 31.3 Å². The molecule has 4 atom stereocenters. The number of hydrogen-bond acceptors (Lipinski definition) is 8. The number of aromatic hydroxyl groups is 1. The number of nitrogens with two attached hydrogens (primary N) is 2. The Morgan fingerprint density at radius 1 is 1.10 bits per heavy atom. The van der Waals surface area contributed by atoms with Crippen LogP contribution in [0.15, 0.2) is 36.8 Å². The van der Waals surface area contributed by atoms with Crippen molar-refractivity contribution in [3.8, 4) is 5.75 Å². The number of imidazole rings is 1. The van der Waals surface area contributed by atoms with E-state index in [4.69, 9.17) is 11.5 Å². The molecule has 212 valence electrons. The molecule has 9 N–H and O–H groups in total. The van der Waals surface area contributed by atoms with Crippen LogP contribution in [0.1, 0.15) is 43.4 Å². The minimum atomic E-state index is -1.19. The van der Waals surface area contributed by atoms with Crippen LogP contribution in [0, 0.1) is 0 Å². The minimum Gasteiger partial charge on any atom is -0.508 e. The summed E-state index contributed by atoms with van der Waals surface area (Å²) < 4.78 is 0. The Labute approximate surface area is 226 Å². The van der Waals surface area contributed by atoms with E-state index in [1.807, 2.05) is 0 Å². The SMILES string of the molecule is NCCCCC(NC(=O)C(Cc1ccc(O)cc1)NC(=O)C1CCCN1C(=O)C(N)Cc1cnc[nH]1)C(=O)O. The Bertz CT molecular complexity index is 1110. The van der Waals surface area contributed by atoms with Crippen molar-refractivity contribution in [3.63, 3.8) is 0 Å². The van der Waals surface area contributed by atoms with Gasteiger partial charge in [-0.2, -0.15) is 0 Å². The largest absolute Gasteiger partial charge is 0.508 e. The van der Waals surface area contributed by atoms with Crippen molar-refractivity contribution >= 4 is 23.7 Å². The fraction of sp³-hybridized carbons (Fsp3) is 0.500. The van der Waals surface area contributed by atoms with Crippen LogP contribution in [-0.2, 0) is 32.0 Å². The maximum Gasteiger partial charge on any atom is 0.326 e. The van der Waals surface area contributed by atoms with Crippen molar-refractivity contribution in [1.82, 2.24) is 25.5 Å². The Kier molecular flexibility index (Phi) is 10.8. The molecule has 1 aliphatic rings. The summed E-state index contributed by atoms with van der Waals surface area (Å²) in [6.45, 7) is 0.757. The molecule has 2 aromatic rings. The number of amides is 3. The number of carbonyl (C=O) groups excluding carboxylic acids is 3. The van der Waals surface area contributed by atoms with Crippen LogP contribution in [0.5, 0.6) is 5.75 Å². The predicted octanol–water partition coefficient (Wildman–Crippen LogP) is -0.598. The van der Waals surface area contributed by atoms with E-state index < -0.39 is 42.0 Å². The van der Waals surface area contributed by atoms with Crippen molar-refractivity contribution in [2.75, 3.05) is 13.1 Å². The number of nitrogens with one attached hydrogen (secondary N) is 3. The number of phenolic OH excluding ortho intramolecular Hbond substituents is 1. The molecule has 3 rings (SSSR count). The third kappa shape index (κ3) is 8.52. The highest BCUT2D eigenvalue weighted by Gasteiger charge is 2.38.